The van der Waals surface area contributed by atoms with Crippen LogP contribution >= 0.6 is 0 Å². The largest absolute Gasteiger partial charge is 0.497 e. The van der Waals surface area contributed by atoms with Crippen LogP contribution in [0, 0.1) is 0 Å². The smallest absolute Gasteiger partial charge is 0.251 e. The van der Waals surface area contributed by atoms with E-state index in [2.05, 4.69) is 12.1 Å². The first-order valence-electron chi connectivity index (χ1n) is 8.28. The lowest BCUT2D eigenvalue weighted by Crippen LogP contribution is -2.36. The highest BCUT2D eigenvalue weighted by Gasteiger charge is 2.31. The number of rotatable bonds is 5. The predicted octanol–water partition coefficient (Wildman–Crippen LogP) is 2.31. The van der Waals surface area contributed by atoms with Crippen LogP contribution in [0.2, 0.25) is 0 Å². The first-order chi connectivity index (χ1) is 11.6. The molecule has 1 saturated heterocycles. The zero-order valence-electron chi connectivity index (χ0n) is 14.2. The van der Waals surface area contributed by atoms with E-state index in [0.29, 0.717) is 13.1 Å². The molecule has 5 nitrogen and oxygen atoms in total. The van der Waals surface area contributed by atoms with Gasteiger partial charge in [0.2, 0.25) is 0 Å². The van der Waals surface area contributed by atoms with Crippen molar-refractivity contribution in [1.29, 1.82) is 0 Å². The number of amides is 1. The molecule has 1 amide bonds. The van der Waals surface area contributed by atoms with Crippen molar-refractivity contribution >= 4 is 16.7 Å². The molecule has 0 aromatic heterocycles. The molecular formula is C19H24N2O3. The van der Waals surface area contributed by atoms with Gasteiger partial charge < -0.3 is 20.1 Å². The Hall–Kier alpha value is -2.11. The first-order valence-corrected chi connectivity index (χ1v) is 8.28. The zero-order chi connectivity index (χ0) is 17.1. The number of hydrogen-bond donors (Lipinski definition) is 1. The van der Waals surface area contributed by atoms with E-state index in [9.17, 15) is 4.79 Å². The molecule has 1 aliphatic heterocycles. The Morgan fingerprint density at radius 3 is 2.71 bits per heavy atom. The average Bonchev–Trinajstić information content (AvgIpc) is 3.09. The Balaban J connectivity index is 1.68. The van der Waals surface area contributed by atoms with Gasteiger partial charge in [-0.25, -0.2) is 0 Å². The Morgan fingerprint density at radius 2 is 2.00 bits per heavy atom. The second-order valence-corrected chi connectivity index (χ2v) is 6.30. The summed E-state index contributed by atoms with van der Waals surface area (Å²) in [5.74, 6) is 0.871. The second-order valence-electron chi connectivity index (χ2n) is 6.30. The van der Waals surface area contributed by atoms with Crippen molar-refractivity contribution in [3.8, 4) is 5.75 Å². The van der Waals surface area contributed by atoms with Crippen LogP contribution < -0.4 is 10.5 Å². The summed E-state index contributed by atoms with van der Waals surface area (Å²) in [4.78, 5) is 14.2. The molecule has 2 aromatic carbocycles. The summed E-state index contributed by atoms with van der Waals surface area (Å²) >= 11 is 0. The fourth-order valence-corrected chi connectivity index (χ4v) is 3.16. The third-order valence-electron chi connectivity index (χ3n) is 4.55. The van der Waals surface area contributed by atoms with Gasteiger partial charge in [0.05, 0.1) is 13.2 Å². The minimum atomic E-state index is -0.353. The summed E-state index contributed by atoms with van der Waals surface area (Å²) < 4.78 is 10.9. The van der Waals surface area contributed by atoms with Crippen LogP contribution in [0.5, 0.6) is 5.75 Å². The lowest BCUT2D eigenvalue weighted by atomic mass is 10.1. The quantitative estimate of drug-likeness (QED) is 0.915. The van der Waals surface area contributed by atoms with Crippen molar-refractivity contribution in [1.82, 2.24) is 4.90 Å². The van der Waals surface area contributed by atoms with Crippen LogP contribution in [0.15, 0.2) is 36.4 Å². The van der Waals surface area contributed by atoms with Crippen LogP contribution in [0.3, 0.4) is 0 Å². The third-order valence-corrected chi connectivity index (χ3v) is 4.55. The maximum absolute atomic E-state index is 12.5. The summed E-state index contributed by atoms with van der Waals surface area (Å²) in [7, 11) is 3.48. The number of nitrogens with zero attached hydrogens (tertiary/aromatic N) is 1. The molecule has 0 saturated carbocycles. The molecule has 0 radical (unpaired) electrons. The van der Waals surface area contributed by atoms with Crippen molar-refractivity contribution in [2.45, 2.75) is 31.6 Å². The van der Waals surface area contributed by atoms with E-state index in [1.807, 2.05) is 31.3 Å². The number of carbonyl (C=O) groups is 1. The fraction of sp³-hybridized carbons (Fsp3) is 0.421. The predicted molar refractivity (Wildman–Crippen MR) is 93.9 cm³/mol. The number of fused-ring (bicyclic) bond motifs is 1. The Bertz CT molecular complexity index is 732. The number of methoxy groups -OCH3 is 1. The monoisotopic (exact) mass is 328 g/mol. The first kappa shape index (κ1) is 16.7. The van der Waals surface area contributed by atoms with Gasteiger partial charge in [-0.2, -0.15) is 0 Å². The van der Waals surface area contributed by atoms with Crippen LogP contribution in [-0.2, 0) is 16.1 Å². The average molecular weight is 328 g/mol. The summed E-state index contributed by atoms with van der Waals surface area (Å²) in [6, 6.07) is 12.2. The lowest BCUT2D eigenvalue weighted by molar-refractivity contribution is -0.141. The van der Waals surface area contributed by atoms with Gasteiger partial charge in [-0.15, -0.1) is 0 Å². The molecular weight excluding hydrogens is 304 g/mol. The van der Waals surface area contributed by atoms with Crippen molar-refractivity contribution in [3.05, 3.63) is 42.0 Å². The number of likely N-dealkylation sites (N-methyl/N-ethyl adjacent to an activating group) is 1. The van der Waals surface area contributed by atoms with Crippen LogP contribution in [0.1, 0.15) is 18.4 Å². The Labute approximate surface area is 142 Å². The maximum Gasteiger partial charge on any atom is 0.251 e. The number of ether oxygens (including phenoxy) is 2. The molecule has 0 bridgehead atoms. The number of carbonyl (C=O) groups excluding carboxylic acids is 1. The minimum absolute atomic E-state index is 0.0167. The van der Waals surface area contributed by atoms with E-state index in [1.165, 1.54) is 0 Å². The molecule has 0 unspecified atom stereocenters. The number of hydrogen-bond acceptors (Lipinski definition) is 4. The van der Waals surface area contributed by atoms with Gasteiger partial charge in [-0.3, -0.25) is 4.79 Å². The van der Waals surface area contributed by atoms with Crippen LogP contribution in [0.4, 0.5) is 0 Å². The Kier molecular flexibility index (Phi) is 5.02. The van der Waals surface area contributed by atoms with Crippen LogP contribution in [0.25, 0.3) is 10.8 Å². The molecule has 3 rings (SSSR count). The second kappa shape index (κ2) is 7.20. The van der Waals surface area contributed by atoms with E-state index in [-0.39, 0.29) is 18.1 Å². The van der Waals surface area contributed by atoms with E-state index < -0.39 is 0 Å². The summed E-state index contributed by atoms with van der Waals surface area (Å²) in [5, 5.41) is 2.26. The summed E-state index contributed by atoms with van der Waals surface area (Å²) in [5.41, 5.74) is 6.70. The number of benzene rings is 2. The van der Waals surface area contributed by atoms with Crippen molar-refractivity contribution < 1.29 is 14.3 Å². The van der Waals surface area contributed by atoms with E-state index >= 15 is 0 Å². The molecule has 128 valence electrons. The molecule has 5 heteroatoms. The fourth-order valence-electron chi connectivity index (χ4n) is 3.16. The molecule has 2 N–H and O–H groups in total. The van der Waals surface area contributed by atoms with E-state index in [0.717, 1.165) is 34.9 Å². The normalized spacial score (nSPS) is 20.3. The molecule has 0 aliphatic carbocycles. The maximum atomic E-state index is 12.5. The van der Waals surface area contributed by atoms with Gasteiger partial charge in [0.15, 0.2) is 0 Å². The van der Waals surface area contributed by atoms with Gasteiger partial charge in [0.1, 0.15) is 11.9 Å². The molecule has 0 spiro atoms. The van der Waals surface area contributed by atoms with Gasteiger partial charge in [-0.1, -0.05) is 18.2 Å². The summed E-state index contributed by atoms with van der Waals surface area (Å²) in [6.07, 6.45) is 1.28. The molecule has 1 aliphatic rings. The summed E-state index contributed by atoms with van der Waals surface area (Å²) in [6.45, 7) is 1.04. The number of nitrogens with two attached hydrogens (primary N) is 1. The molecule has 2 atom stereocenters. The van der Waals surface area contributed by atoms with Crippen LogP contribution in [-0.4, -0.2) is 43.7 Å². The van der Waals surface area contributed by atoms with Gasteiger partial charge in [0, 0.05) is 20.1 Å². The van der Waals surface area contributed by atoms with E-state index in [4.69, 9.17) is 15.2 Å². The van der Waals surface area contributed by atoms with Crippen molar-refractivity contribution in [3.63, 3.8) is 0 Å². The van der Waals surface area contributed by atoms with E-state index in [1.54, 1.807) is 12.0 Å². The highest BCUT2D eigenvalue weighted by atomic mass is 16.5. The lowest BCUT2D eigenvalue weighted by Gasteiger charge is -2.21. The SMILES string of the molecule is COc1ccc2cc(CN(C)C(=O)[C@@H]3CC[C@H](CN)O3)ccc2c1. The molecule has 1 heterocycles. The van der Waals surface area contributed by atoms with Gasteiger partial charge in [0.25, 0.3) is 5.91 Å². The highest BCUT2D eigenvalue weighted by molar-refractivity contribution is 5.85. The molecule has 24 heavy (non-hydrogen) atoms. The molecule has 1 fully saturated rings. The standard InChI is InChI=1S/C19H24N2O3/c1-21(19(22)18-8-7-17(11-20)24-18)12-13-3-4-15-10-16(23-2)6-5-14(15)9-13/h3-6,9-10,17-18H,7-8,11-12,20H2,1-2H3/t17-,18+/m1/s1. The van der Waals surface area contributed by atoms with Crippen molar-refractivity contribution in [2.75, 3.05) is 20.7 Å². The minimum Gasteiger partial charge on any atom is -0.497 e. The van der Waals surface area contributed by atoms with Gasteiger partial charge in [-0.05, 0) is 47.4 Å². The Morgan fingerprint density at radius 1 is 1.25 bits per heavy atom. The zero-order valence-corrected chi connectivity index (χ0v) is 14.2. The molecule has 2 aromatic rings. The third kappa shape index (κ3) is 3.52. The van der Waals surface area contributed by atoms with Gasteiger partial charge >= 0.3 is 0 Å². The topological polar surface area (TPSA) is 64.8 Å². The van der Waals surface area contributed by atoms with Crippen molar-refractivity contribution in [2.24, 2.45) is 5.73 Å². The highest BCUT2D eigenvalue weighted by Crippen LogP contribution is 2.24.